The van der Waals surface area contributed by atoms with Gasteiger partial charge in [-0.05, 0) is 49.0 Å². The summed E-state index contributed by atoms with van der Waals surface area (Å²) in [6, 6.07) is 17.8. The molecule has 1 heterocycles. The largest absolute Gasteiger partial charge is 0.497 e. The highest BCUT2D eigenvalue weighted by Gasteiger charge is 2.19. The maximum absolute atomic E-state index is 12.7. The van der Waals surface area contributed by atoms with E-state index in [0.29, 0.717) is 10.6 Å². The molecule has 0 aliphatic carbocycles. The first kappa shape index (κ1) is 18.1. The summed E-state index contributed by atoms with van der Waals surface area (Å²) in [6.07, 6.45) is 1.79. The number of aromatic nitrogens is 2. The summed E-state index contributed by atoms with van der Waals surface area (Å²) >= 11 is 1.11. The minimum Gasteiger partial charge on any atom is -0.497 e. The molecule has 5 nitrogen and oxygen atoms in total. The van der Waals surface area contributed by atoms with Crippen LogP contribution in [-0.2, 0) is 6.42 Å². The minimum atomic E-state index is -0.140. The van der Waals surface area contributed by atoms with E-state index >= 15 is 0 Å². The smallest absolute Gasteiger partial charge is 0.265 e. The Morgan fingerprint density at radius 1 is 1.19 bits per heavy atom. The third-order valence-corrected chi connectivity index (χ3v) is 4.85. The molecular weight excluding hydrogens is 346 g/mol. The Labute approximate surface area is 157 Å². The zero-order chi connectivity index (χ0) is 18.4. The van der Waals surface area contributed by atoms with Gasteiger partial charge in [-0.1, -0.05) is 47.0 Å². The second kappa shape index (κ2) is 8.58. The lowest BCUT2D eigenvalue weighted by Crippen LogP contribution is -2.32. The molecule has 0 radical (unpaired) electrons. The summed E-state index contributed by atoms with van der Waals surface area (Å²) in [5.41, 5.74) is 2.67. The first-order valence-corrected chi connectivity index (χ1v) is 9.26. The Morgan fingerprint density at radius 3 is 2.77 bits per heavy atom. The molecule has 0 saturated carbocycles. The summed E-state index contributed by atoms with van der Waals surface area (Å²) in [7, 11) is 1.61. The number of nitrogens with one attached hydrogen (secondary N) is 1. The number of rotatable bonds is 7. The van der Waals surface area contributed by atoms with Gasteiger partial charge in [0.15, 0.2) is 0 Å². The number of amides is 1. The molecule has 0 bridgehead atoms. The van der Waals surface area contributed by atoms with Gasteiger partial charge in [0.1, 0.15) is 16.3 Å². The van der Waals surface area contributed by atoms with E-state index in [2.05, 4.69) is 27.0 Å². The van der Waals surface area contributed by atoms with Crippen molar-refractivity contribution in [1.82, 2.24) is 14.9 Å². The van der Waals surface area contributed by atoms with Crippen LogP contribution in [0.4, 0.5) is 0 Å². The highest BCUT2D eigenvalue weighted by Crippen LogP contribution is 2.27. The van der Waals surface area contributed by atoms with Gasteiger partial charge in [-0.3, -0.25) is 4.79 Å². The monoisotopic (exact) mass is 367 g/mol. The van der Waals surface area contributed by atoms with Crippen LogP contribution in [0.2, 0.25) is 0 Å². The fourth-order valence-electron chi connectivity index (χ4n) is 2.69. The highest BCUT2D eigenvalue weighted by molar-refractivity contribution is 7.08. The number of aryl methyl sites for hydroxylation is 1. The fourth-order valence-corrected chi connectivity index (χ4v) is 3.28. The van der Waals surface area contributed by atoms with Crippen molar-refractivity contribution in [2.75, 3.05) is 7.11 Å². The van der Waals surface area contributed by atoms with Crippen molar-refractivity contribution in [2.24, 2.45) is 0 Å². The summed E-state index contributed by atoms with van der Waals surface area (Å²) in [5.74, 6) is 0.580. The number of benzene rings is 2. The van der Waals surface area contributed by atoms with Crippen LogP contribution in [0.1, 0.15) is 28.6 Å². The van der Waals surface area contributed by atoms with Crippen molar-refractivity contribution >= 4 is 17.4 Å². The van der Waals surface area contributed by atoms with Crippen LogP contribution in [0.15, 0.2) is 54.6 Å². The lowest BCUT2D eigenvalue weighted by Gasteiger charge is -2.13. The van der Waals surface area contributed by atoms with Crippen molar-refractivity contribution in [3.05, 3.63) is 65.0 Å². The van der Waals surface area contributed by atoms with Gasteiger partial charge < -0.3 is 10.1 Å². The maximum atomic E-state index is 12.7. The fraction of sp³-hybridized carbons (Fsp3) is 0.250. The van der Waals surface area contributed by atoms with Gasteiger partial charge in [-0.2, -0.15) is 0 Å². The molecule has 0 spiro atoms. The van der Waals surface area contributed by atoms with Crippen LogP contribution in [0.3, 0.4) is 0 Å². The summed E-state index contributed by atoms with van der Waals surface area (Å²) in [6.45, 7) is 2.01. The number of carbonyl (C=O) groups is 1. The first-order valence-electron chi connectivity index (χ1n) is 8.49. The van der Waals surface area contributed by atoms with E-state index in [1.807, 2.05) is 49.4 Å². The van der Waals surface area contributed by atoms with Crippen molar-refractivity contribution < 1.29 is 9.53 Å². The van der Waals surface area contributed by atoms with E-state index in [1.165, 1.54) is 5.56 Å². The molecule has 3 aromatic rings. The Bertz CT molecular complexity index is 864. The Hall–Kier alpha value is -2.73. The van der Waals surface area contributed by atoms with Crippen molar-refractivity contribution in [2.45, 2.75) is 25.8 Å². The quantitative estimate of drug-likeness (QED) is 0.686. The minimum absolute atomic E-state index is 0.0583. The zero-order valence-corrected chi connectivity index (χ0v) is 15.6. The number of nitrogens with zero attached hydrogens (tertiary/aromatic N) is 2. The molecule has 134 valence electrons. The normalized spacial score (nSPS) is 11.8. The molecule has 0 aliphatic rings. The molecule has 26 heavy (non-hydrogen) atoms. The van der Waals surface area contributed by atoms with E-state index in [4.69, 9.17) is 4.74 Å². The topological polar surface area (TPSA) is 64.1 Å². The molecule has 3 rings (SSSR count). The van der Waals surface area contributed by atoms with Crippen LogP contribution in [0.25, 0.3) is 11.3 Å². The van der Waals surface area contributed by atoms with Crippen LogP contribution >= 0.6 is 11.5 Å². The van der Waals surface area contributed by atoms with Gasteiger partial charge in [-0.25, -0.2) is 0 Å². The van der Waals surface area contributed by atoms with Gasteiger partial charge >= 0.3 is 0 Å². The average Bonchev–Trinajstić information content (AvgIpc) is 3.17. The van der Waals surface area contributed by atoms with Gasteiger partial charge in [0, 0.05) is 11.6 Å². The molecule has 6 heteroatoms. The molecule has 0 saturated heterocycles. The lowest BCUT2D eigenvalue weighted by atomic mass is 10.1. The van der Waals surface area contributed by atoms with E-state index in [-0.39, 0.29) is 11.9 Å². The number of ether oxygens (including phenoxy) is 1. The van der Waals surface area contributed by atoms with E-state index in [9.17, 15) is 4.79 Å². The van der Waals surface area contributed by atoms with E-state index < -0.39 is 0 Å². The number of methoxy groups -OCH3 is 1. The van der Waals surface area contributed by atoms with Gasteiger partial charge in [0.2, 0.25) is 0 Å². The van der Waals surface area contributed by atoms with Crippen LogP contribution < -0.4 is 10.1 Å². The second-order valence-corrected chi connectivity index (χ2v) is 6.84. The number of hydrogen-bond donors (Lipinski definition) is 1. The maximum Gasteiger partial charge on any atom is 0.265 e. The third kappa shape index (κ3) is 4.46. The van der Waals surface area contributed by atoms with Gasteiger partial charge in [-0.15, -0.1) is 5.10 Å². The lowest BCUT2D eigenvalue weighted by molar-refractivity contribution is 0.0943. The van der Waals surface area contributed by atoms with Gasteiger partial charge in [0.05, 0.1) is 7.11 Å². The van der Waals surface area contributed by atoms with E-state index in [1.54, 1.807) is 7.11 Å². The predicted octanol–water partition coefficient (Wildman–Crippen LogP) is 3.96. The summed E-state index contributed by atoms with van der Waals surface area (Å²) in [4.78, 5) is 13.2. The summed E-state index contributed by atoms with van der Waals surface area (Å²) in [5, 5.41) is 7.19. The van der Waals surface area contributed by atoms with Crippen LogP contribution in [0, 0.1) is 0 Å². The standard InChI is InChI=1S/C20H21N3O2S/c1-14(11-12-15-7-4-3-5-8-15)21-20(24)19-18(22-23-26-19)16-9-6-10-17(13-16)25-2/h3-10,13-14H,11-12H2,1-2H3,(H,21,24)/t14-/m0/s1. The molecule has 0 aliphatic heterocycles. The molecule has 1 aromatic heterocycles. The zero-order valence-electron chi connectivity index (χ0n) is 14.8. The van der Waals surface area contributed by atoms with E-state index in [0.717, 1.165) is 35.7 Å². The number of carbonyl (C=O) groups excluding carboxylic acids is 1. The Kier molecular flexibility index (Phi) is 5.96. The molecule has 0 unspecified atom stereocenters. The average molecular weight is 367 g/mol. The molecule has 1 atom stereocenters. The van der Waals surface area contributed by atoms with Crippen molar-refractivity contribution in [3.63, 3.8) is 0 Å². The van der Waals surface area contributed by atoms with Crippen LogP contribution in [0.5, 0.6) is 5.75 Å². The third-order valence-electron chi connectivity index (χ3n) is 4.12. The molecule has 1 N–H and O–H groups in total. The number of hydrogen-bond acceptors (Lipinski definition) is 5. The predicted molar refractivity (Wildman–Crippen MR) is 104 cm³/mol. The first-order chi connectivity index (χ1) is 12.7. The molecular formula is C20H21N3O2S. The second-order valence-electron chi connectivity index (χ2n) is 6.08. The van der Waals surface area contributed by atoms with Crippen molar-refractivity contribution in [1.29, 1.82) is 0 Å². The molecule has 2 aromatic carbocycles. The van der Waals surface area contributed by atoms with Crippen LogP contribution in [-0.4, -0.2) is 28.6 Å². The molecule has 0 fully saturated rings. The molecule has 1 amide bonds. The SMILES string of the molecule is COc1cccc(-c2nnsc2C(=O)N[C@@H](C)CCc2ccccc2)c1. The van der Waals surface area contributed by atoms with Crippen molar-refractivity contribution in [3.8, 4) is 17.0 Å². The summed E-state index contributed by atoms with van der Waals surface area (Å²) < 4.78 is 9.21. The van der Waals surface area contributed by atoms with Gasteiger partial charge in [0.25, 0.3) is 5.91 Å². The Morgan fingerprint density at radius 2 is 2.00 bits per heavy atom. The highest BCUT2D eigenvalue weighted by atomic mass is 32.1. The Balaban J connectivity index is 1.66.